The van der Waals surface area contributed by atoms with Gasteiger partial charge in [0.1, 0.15) is 0 Å². The highest BCUT2D eigenvalue weighted by Crippen LogP contribution is 2.12. The lowest BCUT2D eigenvalue weighted by Gasteiger charge is -2.05. The van der Waals surface area contributed by atoms with E-state index in [0.29, 0.717) is 18.8 Å². The average Bonchev–Trinajstić information content (AvgIpc) is 2.49. The monoisotopic (exact) mass is 298 g/mol. The predicted molar refractivity (Wildman–Crippen MR) is 84.5 cm³/mol. The molecule has 1 atom stereocenters. The second kappa shape index (κ2) is 13.6. The highest BCUT2D eigenvalue weighted by Gasteiger charge is 2.01. The summed E-state index contributed by atoms with van der Waals surface area (Å²) in [6.45, 7) is 2.19. The van der Waals surface area contributed by atoms with Crippen LogP contribution < -0.4 is 22.5 Å². The molecule has 0 rings (SSSR count). The number of hydrogen-bond donors (Lipinski definition) is 4. The molecule has 122 valence electrons. The van der Waals surface area contributed by atoms with Crippen molar-refractivity contribution in [2.24, 2.45) is 17.6 Å². The third-order valence-electron chi connectivity index (χ3n) is 3.37. The van der Waals surface area contributed by atoms with Crippen molar-refractivity contribution in [3.8, 4) is 0 Å². The number of allylic oxidation sites excluding steroid dienone is 2. The Morgan fingerprint density at radius 3 is 2.10 bits per heavy atom. The van der Waals surface area contributed by atoms with Crippen molar-refractivity contribution in [3.63, 3.8) is 0 Å². The van der Waals surface area contributed by atoms with E-state index < -0.39 is 0 Å². The van der Waals surface area contributed by atoms with Crippen LogP contribution in [0.2, 0.25) is 0 Å². The number of amides is 2. The number of hydrogen-bond acceptors (Lipinski definition) is 4. The van der Waals surface area contributed by atoms with Crippen molar-refractivity contribution in [1.82, 2.24) is 10.9 Å². The van der Waals surface area contributed by atoms with Gasteiger partial charge in [0.05, 0.1) is 0 Å². The summed E-state index contributed by atoms with van der Waals surface area (Å²) in [5.74, 6) is 10.4. The van der Waals surface area contributed by atoms with Crippen LogP contribution in [0.5, 0.6) is 0 Å². The molecule has 0 aliphatic heterocycles. The summed E-state index contributed by atoms with van der Waals surface area (Å²) in [7, 11) is 0. The third-order valence-corrected chi connectivity index (χ3v) is 3.37. The molecule has 0 heterocycles. The van der Waals surface area contributed by atoms with Crippen molar-refractivity contribution in [2.45, 2.75) is 64.7 Å². The number of nitrogens with one attached hydrogen (secondary N) is 2. The van der Waals surface area contributed by atoms with Gasteiger partial charge in [0.25, 0.3) is 0 Å². The molecule has 2 amide bonds. The molecule has 0 saturated carbocycles. The van der Waals surface area contributed by atoms with E-state index in [9.17, 15) is 9.59 Å². The van der Waals surface area contributed by atoms with Gasteiger partial charge in [-0.25, -0.2) is 11.7 Å². The number of rotatable bonds is 12. The lowest BCUT2D eigenvalue weighted by molar-refractivity contribution is -0.122. The van der Waals surface area contributed by atoms with Crippen molar-refractivity contribution < 1.29 is 9.59 Å². The number of hydrazine groups is 2. The highest BCUT2D eigenvalue weighted by atomic mass is 16.2. The molecule has 0 aliphatic carbocycles. The summed E-state index contributed by atoms with van der Waals surface area (Å²) in [6.07, 6.45) is 12.5. The van der Waals surface area contributed by atoms with Crippen LogP contribution in [0.4, 0.5) is 0 Å². The van der Waals surface area contributed by atoms with E-state index in [1.54, 1.807) is 0 Å². The van der Waals surface area contributed by atoms with Crippen LogP contribution in [0.1, 0.15) is 64.7 Å². The Morgan fingerprint density at radius 1 is 0.952 bits per heavy atom. The minimum atomic E-state index is -0.0958. The van der Waals surface area contributed by atoms with Gasteiger partial charge < -0.3 is 0 Å². The molecule has 0 aromatic carbocycles. The van der Waals surface area contributed by atoms with Gasteiger partial charge in [0.15, 0.2) is 0 Å². The normalized spacial score (nSPS) is 12.3. The first-order valence-electron chi connectivity index (χ1n) is 7.75. The molecule has 0 saturated heterocycles. The largest absolute Gasteiger partial charge is 0.294 e. The van der Waals surface area contributed by atoms with E-state index in [1.165, 1.54) is 0 Å². The van der Waals surface area contributed by atoms with Gasteiger partial charge in [0, 0.05) is 12.8 Å². The van der Waals surface area contributed by atoms with Crippen molar-refractivity contribution >= 4 is 11.8 Å². The summed E-state index contributed by atoms with van der Waals surface area (Å²) in [5, 5.41) is 0. The van der Waals surface area contributed by atoms with Gasteiger partial charge in [0.2, 0.25) is 11.8 Å². The van der Waals surface area contributed by atoms with Crippen LogP contribution in [0.25, 0.3) is 0 Å². The Bertz CT molecular complexity index is 319. The van der Waals surface area contributed by atoms with E-state index >= 15 is 0 Å². The molecule has 21 heavy (non-hydrogen) atoms. The zero-order valence-electron chi connectivity index (χ0n) is 13.1. The van der Waals surface area contributed by atoms with Gasteiger partial charge in [-0.15, -0.1) is 0 Å². The number of carbonyl (C=O) groups excluding carboxylic acids is 2. The molecule has 1 unspecified atom stereocenters. The van der Waals surface area contributed by atoms with Crippen LogP contribution in [0.15, 0.2) is 12.2 Å². The summed E-state index contributed by atoms with van der Waals surface area (Å²) in [5.41, 5.74) is 4.27. The van der Waals surface area contributed by atoms with E-state index in [2.05, 4.69) is 29.9 Å². The topological polar surface area (TPSA) is 110 Å². The molecule has 0 radical (unpaired) electrons. The zero-order valence-corrected chi connectivity index (χ0v) is 13.1. The van der Waals surface area contributed by atoms with Crippen LogP contribution in [-0.2, 0) is 9.59 Å². The summed E-state index contributed by atoms with van der Waals surface area (Å²) in [6, 6.07) is 0. The minimum absolute atomic E-state index is 0.0949. The summed E-state index contributed by atoms with van der Waals surface area (Å²) < 4.78 is 0. The summed E-state index contributed by atoms with van der Waals surface area (Å²) >= 11 is 0. The van der Waals surface area contributed by atoms with E-state index in [4.69, 9.17) is 11.7 Å². The van der Waals surface area contributed by atoms with E-state index in [0.717, 1.165) is 44.9 Å². The van der Waals surface area contributed by atoms with Crippen LogP contribution in [0, 0.1) is 5.92 Å². The maximum absolute atomic E-state index is 10.9. The molecule has 6 heteroatoms. The second-order valence-electron chi connectivity index (χ2n) is 5.39. The molecule has 6 nitrogen and oxygen atoms in total. The molecule has 0 bridgehead atoms. The highest BCUT2D eigenvalue weighted by molar-refractivity contribution is 5.75. The first-order valence-corrected chi connectivity index (χ1v) is 7.75. The molecule has 0 aromatic rings. The van der Waals surface area contributed by atoms with Crippen LogP contribution >= 0.6 is 0 Å². The lowest BCUT2D eigenvalue weighted by Crippen LogP contribution is -2.29. The fourth-order valence-corrected chi connectivity index (χ4v) is 2.05. The maximum atomic E-state index is 10.9. The van der Waals surface area contributed by atoms with Crippen molar-refractivity contribution in [3.05, 3.63) is 12.2 Å². The zero-order chi connectivity index (χ0) is 15.9. The van der Waals surface area contributed by atoms with Crippen molar-refractivity contribution in [2.75, 3.05) is 0 Å². The number of unbranched alkanes of at least 4 members (excludes halogenated alkanes) is 4. The Morgan fingerprint density at radius 2 is 1.52 bits per heavy atom. The SMILES string of the molecule is CC(C=CCCCCCC(=O)NN)CCCCC(=O)NN. The molecule has 0 aliphatic rings. The smallest absolute Gasteiger partial charge is 0.233 e. The average molecular weight is 298 g/mol. The van der Waals surface area contributed by atoms with Gasteiger partial charge in [-0.05, 0) is 38.0 Å². The Labute approximate surface area is 127 Å². The first kappa shape index (κ1) is 19.6. The maximum Gasteiger partial charge on any atom is 0.233 e. The fraction of sp³-hybridized carbons (Fsp3) is 0.733. The minimum Gasteiger partial charge on any atom is -0.294 e. The fourth-order valence-electron chi connectivity index (χ4n) is 2.05. The number of nitrogens with two attached hydrogens (primary N) is 2. The standard InChI is InChI=1S/C15H30N4O2/c1-13(10-7-8-12-15(21)19-17)9-5-3-2-4-6-11-14(20)18-16/h5,9,13H,2-4,6-8,10-12,16-17H2,1H3,(H,18,20)(H,19,21). The van der Waals surface area contributed by atoms with E-state index in [1.807, 2.05) is 0 Å². The molecular formula is C15H30N4O2. The number of carbonyl (C=O) groups is 2. The second-order valence-corrected chi connectivity index (χ2v) is 5.39. The van der Waals surface area contributed by atoms with Crippen LogP contribution in [0.3, 0.4) is 0 Å². The van der Waals surface area contributed by atoms with Gasteiger partial charge in [-0.3, -0.25) is 20.4 Å². The van der Waals surface area contributed by atoms with Gasteiger partial charge in [-0.1, -0.05) is 31.9 Å². The molecule has 0 fully saturated rings. The Balaban J connectivity index is 3.43. The third kappa shape index (κ3) is 13.3. The first-order chi connectivity index (χ1) is 10.1. The lowest BCUT2D eigenvalue weighted by atomic mass is 10.0. The van der Waals surface area contributed by atoms with E-state index in [-0.39, 0.29) is 11.8 Å². The van der Waals surface area contributed by atoms with Gasteiger partial charge in [-0.2, -0.15) is 0 Å². The quantitative estimate of drug-likeness (QED) is 0.144. The molecule has 0 spiro atoms. The van der Waals surface area contributed by atoms with Crippen molar-refractivity contribution in [1.29, 1.82) is 0 Å². The summed E-state index contributed by atoms with van der Waals surface area (Å²) in [4.78, 5) is 21.8. The molecular weight excluding hydrogens is 268 g/mol. The predicted octanol–water partition coefficient (Wildman–Crippen LogP) is 1.67. The molecule has 6 N–H and O–H groups in total. The van der Waals surface area contributed by atoms with Gasteiger partial charge >= 0.3 is 0 Å². The van der Waals surface area contributed by atoms with Crippen LogP contribution in [-0.4, -0.2) is 11.8 Å². The molecule has 0 aromatic heterocycles. The Hall–Kier alpha value is -1.40. The Kier molecular flexibility index (Phi) is 12.7.